The maximum atomic E-state index is 12.8. The Hall–Kier alpha value is -1.97. The van der Waals surface area contributed by atoms with E-state index >= 15 is 0 Å². The van der Waals surface area contributed by atoms with Gasteiger partial charge in [-0.15, -0.1) is 0 Å². The zero-order chi connectivity index (χ0) is 16.4. The van der Waals surface area contributed by atoms with Gasteiger partial charge in [0.15, 0.2) is 0 Å². The fraction of sp³-hybridized carbons (Fsp3) is 0.526. The van der Waals surface area contributed by atoms with E-state index in [2.05, 4.69) is 22.9 Å². The molecule has 0 aliphatic heterocycles. The number of aromatic nitrogens is 1. The molecular formula is C19H26N2O2. The number of ether oxygens (including phenoxy) is 1. The molecule has 0 atom stereocenters. The molecule has 124 valence electrons. The summed E-state index contributed by atoms with van der Waals surface area (Å²) in [6.07, 6.45) is 4.65. The Morgan fingerprint density at radius 1 is 1.30 bits per heavy atom. The average molecular weight is 314 g/mol. The third kappa shape index (κ3) is 2.94. The lowest BCUT2D eigenvalue weighted by molar-refractivity contribution is 0.0928. The van der Waals surface area contributed by atoms with E-state index in [0.717, 1.165) is 47.3 Å². The maximum Gasteiger partial charge on any atom is 0.268 e. The molecule has 1 aromatic carbocycles. The van der Waals surface area contributed by atoms with Gasteiger partial charge in [-0.1, -0.05) is 12.8 Å². The average Bonchev–Trinajstić information content (AvgIpc) is 3.14. The molecule has 1 saturated carbocycles. The van der Waals surface area contributed by atoms with Crippen molar-refractivity contribution in [2.45, 2.75) is 59.0 Å². The van der Waals surface area contributed by atoms with Gasteiger partial charge in [0.05, 0.1) is 6.61 Å². The minimum Gasteiger partial charge on any atom is -0.494 e. The Labute approximate surface area is 137 Å². The lowest BCUT2D eigenvalue weighted by Crippen LogP contribution is -2.34. The smallest absolute Gasteiger partial charge is 0.268 e. The fourth-order valence-corrected chi connectivity index (χ4v) is 3.70. The molecule has 0 saturated heterocycles. The first-order valence-corrected chi connectivity index (χ1v) is 8.72. The summed E-state index contributed by atoms with van der Waals surface area (Å²) in [4.78, 5) is 12.8. The molecule has 0 radical (unpaired) electrons. The number of amides is 1. The summed E-state index contributed by atoms with van der Waals surface area (Å²) < 4.78 is 7.73. The quantitative estimate of drug-likeness (QED) is 0.905. The van der Waals surface area contributed by atoms with Crippen molar-refractivity contribution in [3.63, 3.8) is 0 Å². The van der Waals surface area contributed by atoms with Crippen LogP contribution in [0.4, 0.5) is 0 Å². The largest absolute Gasteiger partial charge is 0.494 e. The highest BCUT2D eigenvalue weighted by Crippen LogP contribution is 2.30. The van der Waals surface area contributed by atoms with Gasteiger partial charge < -0.3 is 14.6 Å². The molecule has 3 rings (SSSR count). The highest BCUT2D eigenvalue weighted by Gasteiger charge is 2.23. The van der Waals surface area contributed by atoms with E-state index in [9.17, 15) is 4.79 Å². The molecule has 23 heavy (non-hydrogen) atoms. The van der Waals surface area contributed by atoms with Gasteiger partial charge in [0.2, 0.25) is 0 Å². The fourth-order valence-electron chi connectivity index (χ4n) is 3.70. The van der Waals surface area contributed by atoms with E-state index in [1.165, 1.54) is 12.8 Å². The molecule has 1 aliphatic rings. The number of fused-ring (bicyclic) bond motifs is 1. The summed E-state index contributed by atoms with van der Waals surface area (Å²) in [6, 6.07) is 6.43. The van der Waals surface area contributed by atoms with E-state index in [4.69, 9.17) is 4.74 Å². The second-order valence-corrected chi connectivity index (χ2v) is 6.28. The Kier molecular flexibility index (Phi) is 4.60. The summed E-state index contributed by atoms with van der Waals surface area (Å²) in [5.74, 6) is 0.921. The van der Waals surface area contributed by atoms with Gasteiger partial charge in [0.1, 0.15) is 11.4 Å². The first-order chi connectivity index (χ1) is 11.2. The Bertz CT molecular complexity index is 712. The molecule has 1 N–H and O–H groups in total. The number of hydrogen-bond donors (Lipinski definition) is 1. The summed E-state index contributed by atoms with van der Waals surface area (Å²) in [7, 11) is 0. The van der Waals surface area contributed by atoms with Crippen molar-refractivity contribution in [2.75, 3.05) is 6.61 Å². The Balaban J connectivity index is 2.00. The Morgan fingerprint density at radius 3 is 2.70 bits per heavy atom. The zero-order valence-electron chi connectivity index (χ0n) is 14.3. The lowest BCUT2D eigenvalue weighted by atomic mass is 10.1. The molecule has 1 fully saturated rings. The number of hydrogen-bond acceptors (Lipinski definition) is 2. The molecular weight excluding hydrogens is 288 g/mol. The molecule has 1 heterocycles. The van der Waals surface area contributed by atoms with Crippen molar-refractivity contribution in [3.05, 3.63) is 29.5 Å². The molecule has 1 amide bonds. The number of aryl methyl sites for hydroxylation is 2. The molecule has 1 aromatic heterocycles. The van der Waals surface area contributed by atoms with E-state index in [-0.39, 0.29) is 5.91 Å². The number of benzene rings is 1. The number of rotatable bonds is 5. The van der Waals surface area contributed by atoms with Gasteiger partial charge in [-0.25, -0.2) is 0 Å². The summed E-state index contributed by atoms with van der Waals surface area (Å²) >= 11 is 0. The summed E-state index contributed by atoms with van der Waals surface area (Å²) in [5.41, 5.74) is 2.94. The monoisotopic (exact) mass is 314 g/mol. The van der Waals surface area contributed by atoms with E-state index in [1.807, 2.05) is 26.0 Å². The zero-order valence-corrected chi connectivity index (χ0v) is 14.3. The molecule has 2 aromatic rings. The van der Waals surface area contributed by atoms with Gasteiger partial charge in [-0.2, -0.15) is 0 Å². The third-order valence-electron chi connectivity index (χ3n) is 4.82. The van der Waals surface area contributed by atoms with Crippen LogP contribution in [0.3, 0.4) is 0 Å². The standard InChI is InChI=1S/C19H26N2O2/c1-4-21-17-11-10-15(23-5-2)12-16(17)13(3)18(21)19(22)20-14-8-6-7-9-14/h10-12,14H,4-9H2,1-3H3,(H,20,22). The molecule has 0 bridgehead atoms. The van der Waals surface area contributed by atoms with Crippen LogP contribution in [0.1, 0.15) is 55.6 Å². The van der Waals surface area contributed by atoms with Crippen LogP contribution in [0.15, 0.2) is 18.2 Å². The number of carbonyl (C=O) groups excluding carboxylic acids is 1. The second kappa shape index (κ2) is 6.65. The van der Waals surface area contributed by atoms with Crippen LogP contribution >= 0.6 is 0 Å². The van der Waals surface area contributed by atoms with Crippen LogP contribution in [0.2, 0.25) is 0 Å². The minimum absolute atomic E-state index is 0.0606. The first kappa shape index (κ1) is 15.9. The van der Waals surface area contributed by atoms with Crippen molar-refractivity contribution >= 4 is 16.8 Å². The normalized spacial score (nSPS) is 15.3. The maximum absolute atomic E-state index is 12.8. The van der Waals surface area contributed by atoms with Gasteiger partial charge in [-0.05, 0) is 57.4 Å². The van der Waals surface area contributed by atoms with E-state index in [1.54, 1.807) is 0 Å². The van der Waals surface area contributed by atoms with Crippen LogP contribution in [0, 0.1) is 6.92 Å². The van der Waals surface area contributed by atoms with Gasteiger partial charge in [-0.3, -0.25) is 4.79 Å². The molecule has 1 aliphatic carbocycles. The number of nitrogens with one attached hydrogen (secondary N) is 1. The molecule has 4 heteroatoms. The second-order valence-electron chi connectivity index (χ2n) is 6.28. The summed E-state index contributed by atoms with van der Waals surface area (Å²) in [6.45, 7) is 7.53. The molecule has 4 nitrogen and oxygen atoms in total. The van der Waals surface area contributed by atoms with Crippen molar-refractivity contribution in [3.8, 4) is 5.75 Å². The van der Waals surface area contributed by atoms with Gasteiger partial charge in [0.25, 0.3) is 5.91 Å². The lowest BCUT2D eigenvalue weighted by Gasteiger charge is -2.14. The van der Waals surface area contributed by atoms with Gasteiger partial charge in [0, 0.05) is 23.5 Å². The van der Waals surface area contributed by atoms with Crippen molar-refractivity contribution in [2.24, 2.45) is 0 Å². The van der Waals surface area contributed by atoms with Crippen LogP contribution < -0.4 is 10.1 Å². The highest BCUT2D eigenvalue weighted by molar-refractivity contribution is 6.02. The van der Waals surface area contributed by atoms with Gasteiger partial charge >= 0.3 is 0 Å². The minimum atomic E-state index is 0.0606. The van der Waals surface area contributed by atoms with Crippen LogP contribution in [-0.2, 0) is 6.54 Å². The predicted molar refractivity (Wildman–Crippen MR) is 93.2 cm³/mol. The SMILES string of the molecule is CCOc1ccc2c(c1)c(C)c(C(=O)NC1CCCC1)n2CC. The summed E-state index contributed by atoms with van der Waals surface area (Å²) in [5, 5.41) is 4.33. The Morgan fingerprint density at radius 2 is 2.04 bits per heavy atom. The number of nitrogens with zero attached hydrogens (tertiary/aromatic N) is 1. The first-order valence-electron chi connectivity index (χ1n) is 8.72. The predicted octanol–water partition coefficient (Wildman–Crippen LogP) is 4.04. The number of carbonyl (C=O) groups is 1. The molecule has 0 unspecified atom stereocenters. The van der Waals surface area contributed by atoms with Crippen molar-refractivity contribution in [1.82, 2.24) is 9.88 Å². The third-order valence-corrected chi connectivity index (χ3v) is 4.82. The molecule has 0 spiro atoms. The van der Waals surface area contributed by atoms with E-state index < -0.39 is 0 Å². The van der Waals surface area contributed by atoms with Crippen LogP contribution in [0.25, 0.3) is 10.9 Å². The van der Waals surface area contributed by atoms with Crippen LogP contribution in [-0.4, -0.2) is 23.1 Å². The van der Waals surface area contributed by atoms with E-state index in [0.29, 0.717) is 12.6 Å². The van der Waals surface area contributed by atoms with Crippen molar-refractivity contribution < 1.29 is 9.53 Å². The highest BCUT2D eigenvalue weighted by atomic mass is 16.5. The van der Waals surface area contributed by atoms with Crippen LogP contribution in [0.5, 0.6) is 5.75 Å². The topological polar surface area (TPSA) is 43.3 Å². The van der Waals surface area contributed by atoms with Crippen molar-refractivity contribution in [1.29, 1.82) is 0 Å².